The topological polar surface area (TPSA) is 61.8 Å². The van der Waals surface area contributed by atoms with Gasteiger partial charge in [-0.25, -0.2) is 0 Å². The van der Waals surface area contributed by atoms with E-state index in [2.05, 4.69) is 24.0 Å². The van der Waals surface area contributed by atoms with Crippen LogP contribution in [-0.2, 0) is 23.8 Å². The number of hydrogen-bond donors (Lipinski definition) is 0. The van der Waals surface area contributed by atoms with Crippen molar-refractivity contribution in [2.24, 2.45) is 23.7 Å². The second-order valence-electron chi connectivity index (χ2n) is 9.72. The van der Waals surface area contributed by atoms with E-state index in [1.54, 1.807) is 13.0 Å². The predicted octanol–water partition coefficient (Wildman–Crippen LogP) is 5.39. The lowest BCUT2D eigenvalue weighted by Crippen LogP contribution is -2.30. The summed E-state index contributed by atoms with van der Waals surface area (Å²) < 4.78 is 17.0. The van der Waals surface area contributed by atoms with Crippen molar-refractivity contribution in [3.8, 4) is 11.8 Å². The van der Waals surface area contributed by atoms with Gasteiger partial charge in [-0.05, 0) is 76.2 Å². The maximum Gasteiger partial charge on any atom is 0.305 e. The Bertz CT molecular complexity index is 780. The first-order chi connectivity index (χ1) is 16.0. The number of allylic oxidation sites excluding steroid dienone is 3. The van der Waals surface area contributed by atoms with Crippen LogP contribution in [0.4, 0.5) is 0 Å². The van der Waals surface area contributed by atoms with Crippen molar-refractivity contribution < 1.29 is 23.8 Å². The molecular formula is C28H40O5. The van der Waals surface area contributed by atoms with Crippen LogP contribution in [0, 0.1) is 35.5 Å². The largest absolute Gasteiger partial charge is 0.469 e. The number of rotatable bonds is 11. The number of methoxy groups -OCH3 is 1. The van der Waals surface area contributed by atoms with Crippen molar-refractivity contribution >= 4 is 11.8 Å². The highest BCUT2D eigenvalue weighted by atomic mass is 16.7. The van der Waals surface area contributed by atoms with E-state index in [4.69, 9.17) is 14.2 Å². The molecule has 0 amide bonds. The van der Waals surface area contributed by atoms with Crippen LogP contribution in [0.2, 0.25) is 0 Å². The number of hydrogen-bond acceptors (Lipinski definition) is 5. The molecule has 2 aliphatic carbocycles. The molecule has 0 radical (unpaired) electrons. The number of ketones is 1. The Hall–Kier alpha value is -1.90. The third-order valence-electron chi connectivity index (χ3n) is 7.30. The van der Waals surface area contributed by atoms with E-state index in [1.165, 1.54) is 12.7 Å². The summed E-state index contributed by atoms with van der Waals surface area (Å²) in [6.07, 6.45) is 15.5. The normalized spacial score (nSPS) is 29.8. The van der Waals surface area contributed by atoms with Crippen LogP contribution in [0.3, 0.4) is 0 Å². The van der Waals surface area contributed by atoms with Crippen molar-refractivity contribution in [3.05, 3.63) is 23.8 Å². The molecule has 1 saturated heterocycles. The van der Waals surface area contributed by atoms with Crippen LogP contribution >= 0.6 is 0 Å². The first kappa shape index (κ1) is 25.7. The van der Waals surface area contributed by atoms with Gasteiger partial charge in [0, 0.05) is 31.3 Å². The third kappa shape index (κ3) is 7.55. The minimum absolute atomic E-state index is 0.0842. The number of carbonyl (C=O) groups excluding carboxylic acids is 2. The van der Waals surface area contributed by atoms with Crippen molar-refractivity contribution in [1.82, 2.24) is 0 Å². The van der Waals surface area contributed by atoms with Gasteiger partial charge in [0.1, 0.15) is 0 Å². The summed E-state index contributed by atoms with van der Waals surface area (Å²) in [7, 11) is 1.44. The quantitative estimate of drug-likeness (QED) is 0.137. The van der Waals surface area contributed by atoms with E-state index in [1.807, 2.05) is 6.92 Å². The average molecular weight is 457 g/mol. The number of carbonyl (C=O) groups is 2. The lowest BCUT2D eigenvalue weighted by atomic mass is 9.88. The summed E-state index contributed by atoms with van der Waals surface area (Å²) in [5, 5.41) is 0. The second-order valence-corrected chi connectivity index (χ2v) is 9.72. The Morgan fingerprint density at radius 1 is 1.30 bits per heavy atom. The van der Waals surface area contributed by atoms with Gasteiger partial charge in [0.05, 0.1) is 13.2 Å². The zero-order valence-electron chi connectivity index (χ0n) is 20.5. The van der Waals surface area contributed by atoms with Gasteiger partial charge in [-0.3, -0.25) is 9.59 Å². The summed E-state index contributed by atoms with van der Waals surface area (Å²) in [4.78, 5) is 24.0. The summed E-state index contributed by atoms with van der Waals surface area (Å²) in [5.41, 5.74) is 1.48. The van der Waals surface area contributed by atoms with Crippen LogP contribution < -0.4 is 0 Å². The van der Waals surface area contributed by atoms with Gasteiger partial charge in [0.15, 0.2) is 12.1 Å². The summed E-state index contributed by atoms with van der Waals surface area (Å²) in [5.74, 6) is 7.00. The number of unbranched alkanes of at least 4 members (excludes halogenated alkanes) is 1. The van der Waals surface area contributed by atoms with Crippen LogP contribution in [0.5, 0.6) is 0 Å². The van der Waals surface area contributed by atoms with E-state index in [0.29, 0.717) is 24.7 Å². The zero-order chi connectivity index (χ0) is 23.6. The summed E-state index contributed by atoms with van der Waals surface area (Å²) >= 11 is 0. The molecule has 0 aromatic heterocycles. The molecule has 0 N–H and O–H groups in total. The highest BCUT2D eigenvalue weighted by molar-refractivity contribution is 5.91. The molecular weight excluding hydrogens is 416 g/mol. The van der Waals surface area contributed by atoms with Gasteiger partial charge in [-0.2, -0.15) is 0 Å². The SMILES string of the molecule is CC#CCC(C)C(=O)C=C[C@H]1[C@@H]2CC(CCCCC(=O)OC)=C[C@@H]2C[C@H]1OC1CCCCO1. The monoisotopic (exact) mass is 456 g/mol. The predicted molar refractivity (Wildman–Crippen MR) is 128 cm³/mol. The highest BCUT2D eigenvalue weighted by Crippen LogP contribution is 2.49. The highest BCUT2D eigenvalue weighted by Gasteiger charge is 2.45. The molecule has 1 heterocycles. The van der Waals surface area contributed by atoms with E-state index in [-0.39, 0.29) is 36.0 Å². The Balaban J connectivity index is 1.61. The van der Waals surface area contributed by atoms with Gasteiger partial charge in [0.2, 0.25) is 0 Å². The van der Waals surface area contributed by atoms with Crippen molar-refractivity contribution in [3.63, 3.8) is 0 Å². The maximum absolute atomic E-state index is 12.6. The summed E-state index contributed by atoms with van der Waals surface area (Å²) in [6.45, 7) is 4.53. The molecule has 2 fully saturated rings. The molecule has 3 aliphatic rings. The number of esters is 1. The van der Waals surface area contributed by atoms with Crippen LogP contribution in [0.15, 0.2) is 23.8 Å². The van der Waals surface area contributed by atoms with E-state index < -0.39 is 0 Å². The second kappa shape index (κ2) is 13.1. The fourth-order valence-electron chi connectivity index (χ4n) is 5.38. The fraction of sp³-hybridized carbons (Fsp3) is 0.714. The Morgan fingerprint density at radius 2 is 2.15 bits per heavy atom. The third-order valence-corrected chi connectivity index (χ3v) is 7.30. The molecule has 0 bridgehead atoms. The van der Waals surface area contributed by atoms with Crippen molar-refractivity contribution in [2.45, 2.75) is 90.4 Å². The molecule has 33 heavy (non-hydrogen) atoms. The Morgan fingerprint density at radius 3 is 2.88 bits per heavy atom. The molecule has 5 nitrogen and oxygen atoms in total. The standard InChI is InChI=1S/C28H40O5/c1-4-5-10-20(2)25(29)15-14-23-24-18-21(11-6-7-12-27(30)31-3)17-22(24)19-26(23)33-28-13-8-9-16-32-28/h14-15,17,20,22-24,26,28H,6-13,16,18-19H2,1-3H3/t20?,22-,23+,24-,26-,28?/m1/s1. The number of fused-ring (bicyclic) bond motifs is 1. The van der Waals surface area contributed by atoms with E-state index in [0.717, 1.165) is 58.0 Å². The van der Waals surface area contributed by atoms with Gasteiger partial charge >= 0.3 is 5.97 Å². The zero-order valence-corrected chi connectivity index (χ0v) is 20.5. The minimum Gasteiger partial charge on any atom is -0.469 e. The Labute approximate surface area is 199 Å². The lowest BCUT2D eigenvalue weighted by Gasteiger charge is -2.29. The lowest BCUT2D eigenvalue weighted by molar-refractivity contribution is -0.192. The first-order valence-corrected chi connectivity index (χ1v) is 12.7. The molecule has 0 aromatic rings. The van der Waals surface area contributed by atoms with Crippen LogP contribution in [0.25, 0.3) is 0 Å². The molecule has 5 heteroatoms. The van der Waals surface area contributed by atoms with Crippen molar-refractivity contribution in [1.29, 1.82) is 0 Å². The molecule has 6 atom stereocenters. The van der Waals surface area contributed by atoms with Gasteiger partial charge < -0.3 is 14.2 Å². The summed E-state index contributed by atoms with van der Waals surface area (Å²) in [6, 6.07) is 0. The van der Waals surface area contributed by atoms with Gasteiger partial charge in [-0.15, -0.1) is 11.8 Å². The molecule has 0 aromatic carbocycles. The maximum atomic E-state index is 12.6. The molecule has 1 saturated carbocycles. The fourth-order valence-corrected chi connectivity index (χ4v) is 5.38. The van der Waals surface area contributed by atoms with Crippen molar-refractivity contribution in [2.75, 3.05) is 13.7 Å². The van der Waals surface area contributed by atoms with Crippen LogP contribution in [0.1, 0.15) is 78.1 Å². The Kier molecular flexibility index (Phi) is 10.2. The first-order valence-electron chi connectivity index (χ1n) is 12.7. The van der Waals surface area contributed by atoms with Gasteiger partial charge in [0.25, 0.3) is 0 Å². The average Bonchev–Trinajstić information content (AvgIpc) is 3.36. The van der Waals surface area contributed by atoms with Gasteiger partial charge in [-0.1, -0.05) is 24.6 Å². The van der Waals surface area contributed by atoms with E-state index in [9.17, 15) is 9.59 Å². The molecule has 1 aliphatic heterocycles. The number of ether oxygens (including phenoxy) is 3. The van der Waals surface area contributed by atoms with E-state index >= 15 is 0 Å². The molecule has 0 spiro atoms. The van der Waals surface area contributed by atoms with Crippen LogP contribution in [-0.4, -0.2) is 37.9 Å². The molecule has 3 rings (SSSR count). The molecule has 182 valence electrons. The molecule has 2 unspecified atom stereocenters. The smallest absolute Gasteiger partial charge is 0.305 e. The minimum atomic E-state index is -0.133.